The Morgan fingerprint density at radius 3 is 2.26 bits per heavy atom. The molecule has 19 heavy (non-hydrogen) atoms. The number of rotatable bonds is 5. The number of hydrogen-bond acceptors (Lipinski definition) is 1. The van der Waals surface area contributed by atoms with E-state index in [2.05, 4.69) is 27.7 Å². The maximum atomic E-state index is 14.0. The van der Waals surface area contributed by atoms with Crippen LogP contribution in [0.5, 0.6) is 0 Å². The molecule has 1 aromatic carbocycles. The molecule has 3 heteroatoms. The number of halogens is 1. The summed E-state index contributed by atoms with van der Waals surface area (Å²) in [5.74, 6) is 0.239. The minimum Gasteiger partial charge on any atom is -0.432 e. The van der Waals surface area contributed by atoms with Crippen LogP contribution in [0.25, 0.3) is 0 Å². The van der Waals surface area contributed by atoms with Crippen molar-refractivity contribution in [1.82, 2.24) is 0 Å². The molecule has 0 spiro atoms. The summed E-state index contributed by atoms with van der Waals surface area (Å²) < 4.78 is 14.0. The maximum absolute atomic E-state index is 14.0. The Kier molecular flexibility index (Phi) is 4.96. The van der Waals surface area contributed by atoms with Gasteiger partial charge in [0.1, 0.15) is 5.82 Å². The van der Waals surface area contributed by atoms with Crippen molar-refractivity contribution in [2.75, 3.05) is 0 Å². The number of benzene rings is 1. The quantitative estimate of drug-likeness (QED) is 0.765. The summed E-state index contributed by atoms with van der Waals surface area (Å²) in [6, 6.07) is 5.55. The van der Waals surface area contributed by atoms with Gasteiger partial charge in [0.25, 0.3) is 0 Å². The molecule has 0 saturated carbocycles. The van der Waals surface area contributed by atoms with Crippen molar-refractivity contribution >= 4 is 8.32 Å². The standard InChI is InChI=1S/C16H27FOSi/c1-12(2)14-8-7-13(15(17)11-14)9-10-16(3,4)19(5,6)18/h7-8,11-12,18H,9-10H2,1-6H3. The first-order chi connectivity index (χ1) is 8.54. The number of aryl methyl sites for hydroxylation is 1. The lowest BCUT2D eigenvalue weighted by atomic mass is 9.97. The summed E-state index contributed by atoms with van der Waals surface area (Å²) in [5, 5.41) is -0.101. The minimum atomic E-state index is -2.21. The predicted octanol–water partition coefficient (Wildman–Crippen LogP) is 4.86. The van der Waals surface area contributed by atoms with Crippen LogP contribution in [0.3, 0.4) is 0 Å². The zero-order chi connectivity index (χ0) is 14.8. The van der Waals surface area contributed by atoms with Crippen LogP contribution in [-0.4, -0.2) is 13.1 Å². The van der Waals surface area contributed by atoms with E-state index in [9.17, 15) is 9.19 Å². The van der Waals surface area contributed by atoms with Crippen molar-refractivity contribution in [3.8, 4) is 0 Å². The second-order valence-electron chi connectivity index (χ2n) is 6.95. The molecule has 1 rings (SSSR count). The predicted molar refractivity (Wildman–Crippen MR) is 82.6 cm³/mol. The molecule has 0 aromatic heterocycles. The van der Waals surface area contributed by atoms with E-state index in [1.54, 1.807) is 6.07 Å². The van der Waals surface area contributed by atoms with Crippen LogP contribution in [0.1, 0.15) is 51.2 Å². The SMILES string of the molecule is CC(C)c1ccc(CCC(C)(C)[Si](C)(C)O)c(F)c1. The van der Waals surface area contributed by atoms with Gasteiger partial charge in [0.2, 0.25) is 0 Å². The first kappa shape index (κ1) is 16.4. The Morgan fingerprint density at radius 1 is 1.26 bits per heavy atom. The maximum Gasteiger partial charge on any atom is 0.188 e. The van der Waals surface area contributed by atoms with E-state index in [0.717, 1.165) is 17.5 Å². The highest BCUT2D eigenvalue weighted by molar-refractivity contribution is 6.72. The van der Waals surface area contributed by atoms with Gasteiger partial charge in [-0.15, -0.1) is 0 Å². The van der Waals surface area contributed by atoms with Crippen molar-refractivity contribution < 1.29 is 9.19 Å². The molecule has 0 amide bonds. The highest BCUT2D eigenvalue weighted by atomic mass is 28.4. The topological polar surface area (TPSA) is 20.2 Å². The van der Waals surface area contributed by atoms with Crippen LogP contribution in [0.4, 0.5) is 4.39 Å². The lowest BCUT2D eigenvalue weighted by Gasteiger charge is -2.35. The molecule has 108 valence electrons. The van der Waals surface area contributed by atoms with Gasteiger partial charge in [-0.05, 0) is 54.1 Å². The first-order valence-electron chi connectivity index (χ1n) is 7.05. The zero-order valence-electron chi connectivity index (χ0n) is 13.0. The van der Waals surface area contributed by atoms with Crippen LogP contribution in [0, 0.1) is 5.82 Å². The molecule has 0 aliphatic carbocycles. The van der Waals surface area contributed by atoms with Gasteiger partial charge in [-0.25, -0.2) is 4.39 Å². The van der Waals surface area contributed by atoms with Gasteiger partial charge in [0, 0.05) is 0 Å². The fraction of sp³-hybridized carbons (Fsp3) is 0.625. The van der Waals surface area contributed by atoms with Crippen LogP contribution in [0.15, 0.2) is 18.2 Å². The summed E-state index contributed by atoms with van der Waals surface area (Å²) in [6.45, 7) is 12.2. The third-order valence-electron chi connectivity index (χ3n) is 4.42. The molecular formula is C16H27FOSi. The van der Waals surface area contributed by atoms with Gasteiger partial charge >= 0.3 is 0 Å². The van der Waals surface area contributed by atoms with Crippen LogP contribution in [-0.2, 0) is 6.42 Å². The largest absolute Gasteiger partial charge is 0.432 e. The second-order valence-corrected chi connectivity index (χ2v) is 11.4. The smallest absolute Gasteiger partial charge is 0.188 e. The van der Waals surface area contributed by atoms with Crippen LogP contribution < -0.4 is 0 Å². The highest BCUT2D eigenvalue weighted by Crippen LogP contribution is 2.39. The van der Waals surface area contributed by atoms with Gasteiger partial charge in [-0.2, -0.15) is 0 Å². The molecule has 1 aromatic rings. The molecule has 0 aliphatic rings. The Balaban J connectivity index is 2.79. The molecule has 0 radical (unpaired) electrons. The molecule has 1 N–H and O–H groups in total. The minimum absolute atomic E-state index is 0.101. The van der Waals surface area contributed by atoms with E-state index in [1.807, 2.05) is 25.2 Å². The van der Waals surface area contributed by atoms with E-state index >= 15 is 0 Å². The Bertz CT molecular complexity index is 433. The summed E-state index contributed by atoms with van der Waals surface area (Å²) >= 11 is 0. The van der Waals surface area contributed by atoms with Crippen molar-refractivity contribution in [2.24, 2.45) is 0 Å². The average Bonchev–Trinajstić information content (AvgIpc) is 2.25. The zero-order valence-corrected chi connectivity index (χ0v) is 14.0. The number of hydrogen-bond donors (Lipinski definition) is 1. The summed E-state index contributed by atoms with van der Waals surface area (Å²) in [6.07, 6.45) is 1.51. The molecule has 0 saturated heterocycles. The molecule has 0 aliphatic heterocycles. The van der Waals surface area contributed by atoms with Crippen molar-refractivity contribution in [1.29, 1.82) is 0 Å². The lowest BCUT2D eigenvalue weighted by Crippen LogP contribution is -2.39. The molecule has 0 atom stereocenters. The molecule has 1 nitrogen and oxygen atoms in total. The first-order valence-corrected chi connectivity index (χ1v) is 10.00. The Morgan fingerprint density at radius 2 is 1.84 bits per heavy atom. The second kappa shape index (κ2) is 5.76. The third kappa shape index (κ3) is 4.15. The molecular weight excluding hydrogens is 255 g/mol. The average molecular weight is 282 g/mol. The highest BCUT2D eigenvalue weighted by Gasteiger charge is 2.37. The monoisotopic (exact) mass is 282 g/mol. The van der Waals surface area contributed by atoms with E-state index in [0.29, 0.717) is 12.3 Å². The van der Waals surface area contributed by atoms with E-state index < -0.39 is 8.32 Å². The van der Waals surface area contributed by atoms with E-state index in [1.165, 1.54) is 0 Å². The van der Waals surface area contributed by atoms with E-state index in [-0.39, 0.29) is 10.9 Å². The van der Waals surface area contributed by atoms with Gasteiger partial charge in [0.05, 0.1) is 0 Å². The van der Waals surface area contributed by atoms with Crippen LogP contribution in [0.2, 0.25) is 18.1 Å². The van der Waals surface area contributed by atoms with Gasteiger partial charge < -0.3 is 4.80 Å². The lowest BCUT2D eigenvalue weighted by molar-refractivity contribution is 0.448. The molecule has 0 heterocycles. The molecule has 0 bridgehead atoms. The third-order valence-corrected chi connectivity index (χ3v) is 7.98. The van der Waals surface area contributed by atoms with Crippen LogP contribution >= 0.6 is 0 Å². The van der Waals surface area contributed by atoms with Crippen molar-refractivity contribution in [3.05, 3.63) is 35.1 Å². The summed E-state index contributed by atoms with van der Waals surface area (Å²) in [7, 11) is -2.21. The Hall–Kier alpha value is -0.673. The van der Waals surface area contributed by atoms with Crippen molar-refractivity contribution in [2.45, 2.75) is 64.6 Å². The normalized spacial score (nSPS) is 13.1. The Labute approximate surface area is 118 Å². The van der Waals surface area contributed by atoms with Gasteiger partial charge in [-0.3, -0.25) is 0 Å². The van der Waals surface area contributed by atoms with Gasteiger partial charge in [0.15, 0.2) is 8.32 Å². The molecule has 0 unspecified atom stereocenters. The fourth-order valence-corrected chi connectivity index (χ4v) is 2.62. The molecule has 0 fully saturated rings. The summed E-state index contributed by atoms with van der Waals surface area (Å²) in [4.78, 5) is 10.3. The summed E-state index contributed by atoms with van der Waals surface area (Å²) in [5.41, 5.74) is 1.80. The van der Waals surface area contributed by atoms with Crippen molar-refractivity contribution in [3.63, 3.8) is 0 Å². The van der Waals surface area contributed by atoms with E-state index in [4.69, 9.17) is 0 Å². The van der Waals surface area contributed by atoms with Gasteiger partial charge in [-0.1, -0.05) is 39.8 Å². The fourth-order valence-electron chi connectivity index (χ4n) is 1.88.